The number of nitrogens with one attached hydrogen (secondary N) is 1. The highest BCUT2D eigenvalue weighted by Crippen LogP contribution is 2.15. The van der Waals surface area contributed by atoms with Crippen LogP contribution in [0.2, 0.25) is 0 Å². The molecule has 0 saturated carbocycles. The first-order chi connectivity index (χ1) is 11.7. The third kappa shape index (κ3) is 9.31. The lowest BCUT2D eigenvalue weighted by molar-refractivity contribution is -0.166. The number of ether oxygens (including phenoxy) is 2. The second kappa shape index (κ2) is 11.9. The summed E-state index contributed by atoms with van der Waals surface area (Å²) in [6.07, 6.45) is -0.899. The highest BCUT2D eigenvalue weighted by molar-refractivity contribution is 5.83. The number of para-hydroxylation sites is 1. The van der Waals surface area contributed by atoms with Crippen molar-refractivity contribution in [3.8, 4) is 0 Å². The molecule has 1 aromatic rings. The van der Waals surface area contributed by atoms with Crippen LogP contribution < -0.4 is 11.1 Å². The molecule has 1 rings (SSSR count). The molecule has 4 N–H and O–H groups in total. The molecule has 8 nitrogen and oxygen atoms in total. The maximum absolute atomic E-state index is 11.9. The molecule has 8 heteroatoms. The molecule has 0 aliphatic carbocycles. The molecule has 25 heavy (non-hydrogen) atoms. The van der Waals surface area contributed by atoms with Gasteiger partial charge in [-0.25, -0.2) is 9.59 Å². The summed E-state index contributed by atoms with van der Waals surface area (Å²) in [5.74, 6) is -2.00. The fourth-order valence-corrected chi connectivity index (χ4v) is 1.61. The molecule has 1 unspecified atom stereocenters. The van der Waals surface area contributed by atoms with Crippen LogP contribution in [-0.2, 0) is 23.9 Å². The molecule has 0 aliphatic heterocycles. The van der Waals surface area contributed by atoms with Gasteiger partial charge >= 0.3 is 17.9 Å². The number of anilines is 1. The number of carbonyl (C=O) groups is 3. The highest BCUT2D eigenvalue weighted by Gasteiger charge is 2.22. The second-order valence-electron chi connectivity index (χ2n) is 5.11. The van der Waals surface area contributed by atoms with Crippen molar-refractivity contribution in [3.05, 3.63) is 29.8 Å². The van der Waals surface area contributed by atoms with Crippen molar-refractivity contribution in [2.45, 2.75) is 39.8 Å². The van der Waals surface area contributed by atoms with Gasteiger partial charge in [-0.05, 0) is 39.3 Å². The largest absolute Gasteiger partial charge is 0.480 e. The number of benzene rings is 1. The Balaban J connectivity index is 0.00000101. The van der Waals surface area contributed by atoms with Gasteiger partial charge in [-0.2, -0.15) is 0 Å². The predicted octanol–water partition coefficient (Wildman–Crippen LogP) is 1.32. The van der Waals surface area contributed by atoms with Gasteiger partial charge in [0.05, 0.1) is 13.2 Å². The quantitative estimate of drug-likeness (QED) is 0.626. The Labute approximate surface area is 147 Å². The van der Waals surface area contributed by atoms with E-state index in [1.54, 1.807) is 13.8 Å². The minimum Gasteiger partial charge on any atom is -0.480 e. The van der Waals surface area contributed by atoms with E-state index in [0.29, 0.717) is 0 Å². The van der Waals surface area contributed by atoms with Crippen LogP contribution in [0.5, 0.6) is 0 Å². The van der Waals surface area contributed by atoms with Crippen LogP contribution in [0.4, 0.5) is 5.69 Å². The molecule has 0 heterocycles. The molecule has 0 spiro atoms. The van der Waals surface area contributed by atoms with Gasteiger partial charge in [0.1, 0.15) is 6.04 Å². The van der Waals surface area contributed by atoms with E-state index in [4.69, 9.17) is 14.6 Å². The number of carbonyl (C=O) groups excluding carboxylic acids is 2. The van der Waals surface area contributed by atoms with Gasteiger partial charge in [0.2, 0.25) is 0 Å². The zero-order valence-electron chi connectivity index (χ0n) is 14.9. The molecule has 2 atom stereocenters. The summed E-state index contributed by atoms with van der Waals surface area (Å²) >= 11 is 0. The fraction of sp³-hybridized carbons (Fsp3) is 0.471. The predicted molar refractivity (Wildman–Crippen MR) is 93.1 cm³/mol. The minimum absolute atomic E-state index is 0.262. The Morgan fingerprint density at radius 1 is 1.20 bits per heavy atom. The molecule has 1 aromatic carbocycles. The number of hydrogen-bond acceptors (Lipinski definition) is 7. The van der Waals surface area contributed by atoms with Crippen LogP contribution in [0.25, 0.3) is 0 Å². The fourth-order valence-electron chi connectivity index (χ4n) is 1.61. The summed E-state index contributed by atoms with van der Waals surface area (Å²) in [7, 11) is 0. The van der Waals surface area contributed by atoms with Crippen molar-refractivity contribution >= 4 is 23.6 Å². The SMILES string of the molecule is CCOC(=O)C(C)OC(=O)[C@H](C)Nc1ccccc1C.NCC(=O)O. The second-order valence-corrected chi connectivity index (χ2v) is 5.11. The van der Waals surface area contributed by atoms with Crippen molar-refractivity contribution in [1.29, 1.82) is 0 Å². The van der Waals surface area contributed by atoms with Crippen molar-refractivity contribution in [3.63, 3.8) is 0 Å². The summed E-state index contributed by atoms with van der Waals surface area (Å²) in [4.78, 5) is 32.5. The van der Waals surface area contributed by atoms with Crippen LogP contribution in [0.1, 0.15) is 26.3 Å². The number of esters is 2. The van der Waals surface area contributed by atoms with Crippen LogP contribution in [0, 0.1) is 6.92 Å². The number of aliphatic carboxylic acids is 1. The van der Waals surface area contributed by atoms with Crippen LogP contribution in [-0.4, -0.2) is 48.3 Å². The van der Waals surface area contributed by atoms with Crippen LogP contribution >= 0.6 is 0 Å². The molecule has 0 aliphatic rings. The van der Waals surface area contributed by atoms with Gasteiger partial charge in [-0.1, -0.05) is 18.2 Å². The lowest BCUT2D eigenvalue weighted by Gasteiger charge is -2.18. The summed E-state index contributed by atoms with van der Waals surface area (Å²) in [6, 6.07) is 7.09. The minimum atomic E-state index is -0.968. The van der Waals surface area contributed by atoms with Gasteiger partial charge in [-0.15, -0.1) is 0 Å². The Bertz CT molecular complexity index is 576. The van der Waals surface area contributed by atoms with Gasteiger partial charge in [-0.3, -0.25) is 4.79 Å². The monoisotopic (exact) mass is 354 g/mol. The topological polar surface area (TPSA) is 128 Å². The molecule has 0 bridgehead atoms. The van der Waals surface area contributed by atoms with E-state index in [2.05, 4.69) is 11.1 Å². The first-order valence-corrected chi connectivity index (χ1v) is 7.84. The molecular weight excluding hydrogens is 328 g/mol. The van der Waals surface area contributed by atoms with Crippen LogP contribution in [0.3, 0.4) is 0 Å². The third-order valence-electron chi connectivity index (χ3n) is 2.96. The van der Waals surface area contributed by atoms with E-state index < -0.39 is 30.1 Å². The van der Waals surface area contributed by atoms with Gasteiger partial charge < -0.3 is 25.6 Å². The Hall–Kier alpha value is -2.61. The number of aryl methyl sites for hydroxylation is 1. The highest BCUT2D eigenvalue weighted by atomic mass is 16.6. The van der Waals surface area contributed by atoms with Crippen molar-refractivity contribution in [2.75, 3.05) is 18.5 Å². The smallest absolute Gasteiger partial charge is 0.347 e. The van der Waals surface area contributed by atoms with E-state index in [9.17, 15) is 14.4 Å². The molecule has 0 saturated heterocycles. The summed E-state index contributed by atoms with van der Waals surface area (Å²) in [6.45, 7) is 6.82. The normalized spacial score (nSPS) is 12.0. The molecule has 0 aromatic heterocycles. The Morgan fingerprint density at radius 2 is 1.76 bits per heavy atom. The number of nitrogens with two attached hydrogens (primary N) is 1. The van der Waals surface area contributed by atoms with E-state index >= 15 is 0 Å². The maximum Gasteiger partial charge on any atom is 0.347 e. The van der Waals surface area contributed by atoms with Crippen molar-refractivity contribution in [2.24, 2.45) is 5.73 Å². The molecule has 140 valence electrons. The van der Waals surface area contributed by atoms with Gasteiger partial charge in [0.25, 0.3) is 0 Å². The average Bonchev–Trinajstić information content (AvgIpc) is 2.57. The number of carboxylic acids is 1. The van der Waals surface area contributed by atoms with Crippen LogP contribution in [0.15, 0.2) is 24.3 Å². The van der Waals surface area contributed by atoms with E-state index in [1.165, 1.54) is 6.92 Å². The van der Waals surface area contributed by atoms with Crippen molar-refractivity contribution < 1.29 is 29.0 Å². The standard InChI is InChI=1S/C15H21NO4.C2H5NO2/c1-5-19-15(18)12(4)20-14(17)11(3)16-13-9-7-6-8-10(13)2;3-1-2(4)5/h6-9,11-12,16H,5H2,1-4H3;1,3H2,(H,4,5)/t11-,12?;/m0./s1. The zero-order valence-corrected chi connectivity index (χ0v) is 14.9. The first kappa shape index (κ1) is 22.4. The van der Waals surface area contributed by atoms with E-state index in [-0.39, 0.29) is 13.2 Å². The summed E-state index contributed by atoms with van der Waals surface area (Å²) < 4.78 is 9.85. The Kier molecular flexibility index (Phi) is 10.6. The number of carboxylic acid groups (broad SMARTS) is 1. The molecule has 0 amide bonds. The van der Waals surface area contributed by atoms with E-state index in [1.807, 2.05) is 31.2 Å². The molecule has 0 fully saturated rings. The number of rotatable bonds is 7. The van der Waals surface area contributed by atoms with Gasteiger partial charge in [0.15, 0.2) is 6.10 Å². The first-order valence-electron chi connectivity index (χ1n) is 7.84. The maximum atomic E-state index is 11.9. The van der Waals surface area contributed by atoms with Crippen molar-refractivity contribution in [1.82, 2.24) is 0 Å². The average molecular weight is 354 g/mol. The summed E-state index contributed by atoms with van der Waals surface area (Å²) in [5.41, 5.74) is 6.47. The molecule has 0 radical (unpaired) electrons. The zero-order chi connectivity index (χ0) is 19.4. The van der Waals surface area contributed by atoms with E-state index in [0.717, 1.165) is 11.3 Å². The number of hydrogen-bond donors (Lipinski definition) is 3. The third-order valence-corrected chi connectivity index (χ3v) is 2.96. The Morgan fingerprint density at radius 3 is 2.24 bits per heavy atom. The molecular formula is C17H26N2O6. The lowest BCUT2D eigenvalue weighted by Crippen LogP contribution is -2.34. The van der Waals surface area contributed by atoms with Gasteiger partial charge in [0, 0.05) is 5.69 Å². The lowest BCUT2D eigenvalue weighted by atomic mass is 10.2. The summed E-state index contributed by atoms with van der Waals surface area (Å²) in [5, 5.41) is 10.7.